The monoisotopic (exact) mass is 299 g/mol. The molecule has 0 saturated heterocycles. The van der Waals surface area contributed by atoms with E-state index in [0.29, 0.717) is 5.69 Å². The third kappa shape index (κ3) is 3.75. The lowest BCUT2D eigenvalue weighted by Crippen LogP contribution is -2.11. The van der Waals surface area contributed by atoms with Crippen molar-refractivity contribution in [3.05, 3.63) is 47.7 Å². The fourth-order valence-electron chi connectivity index (χ4n) is 2.24. The van der Waals surface area contributed by atoms with Crippen LogP contribution in [0.2, 0.25) is 0 Å². The van der Waals surface area contributed by atoms with Gasteiger partial charge in [0.15, 0.2) is 0 Å². The fraction of sp³-hybridized carbons (Fsp3) is 0.294. The minimum absolute atomic E-state index is 0.507. The van der Waals surface area contributed by atoms with Gasteiger partial charge in [0.1, 0.15) is 5.82 Å². The van der Waals surface area contributed by atoms with E-state index in [4.69, 9.17) is 0 Å². The molecule has 0 fully saturated rings. The molecule has 0 saturated carbocycles. The van der Waals surface area contributed by atoms with Crippen LogP contribution in [0.5, 0.6) is 0 Å². The zero-order chi connectivity index (χ0) is 15.9. The molecule has 22 heavy (non-hydrogen) atoms. The molecule has 1 aromatic carbocycles. The third-order valence-corrected chi connectivity index (χ3v) is 3.45. The molecule has 116 valence electrons. The largest absolute Gasteiger partial charge is 0.453 e. The number of methoxy groups -OCH3 is 1. The van der Waals surface area contributed by atoms with Crippen LogP contribution in [0, 0.1) is 0 Å². The summed E-state index contributed by atoms with van der Waals surface area (Å²) in [4.78, 5) is 15.5. The Labute approximate surface area is 130 Å². The summed E-state index contributed by atoms with van der Waals surface area (Å²) in [6.45, 7) is 4.27. The smallest absolute Gasteiger partial charge is 0.411 e. The molecule has 0 aliphatic rings. The Morgan fingerprint density at radius 1 is 1.14 bits per heavy atom. The van der Waals surface area contributed by atoms with Crippen molar-refractivity contribution in [3.63, 3.8) is 0 Å². The van der Waals surface area contributed by atoms with Gasteiger partial charge in [-0.25, -0.2) is 9.78 Å². The Kier molecular flexibility index (Phi) is 5.36. The van der Waals surface area contributed by atoms with Crippen LogP contribution in [-0.4, -0.2) is 18.2 Å². The van der Waals surface area contributed by atoms with E-state index >= 15 is 0 Å². The highest BCUT2D eigenvalue weighted by molar-refractivity contribution is 5.84. The fourth-order valence-corrected chi connectivity index (χ4v) is 2.24. The maximum Gasteiger partial charge on any atom is 0.411 e. The van der Waals surface area contributed by atoms with Crippen LogP contribution in [-0.2, 0) is 17.6 Å². The minimum atomic E-state index is -0.507. The maximum absolute atomic E-state index is 11.1. The van der Waals surface area contributed by atoms with E-state index in [-0.39, 0.29) is 0 Å². The highest BCUT2D eigenvalue weighted by Gasteiger charge is 2.07. The van der Waals surface area contributed by atoms with Gasteiger partial charge in [-0.3, -0.25) is 5.32 Å². The number of para-hydroxylation sites is 1. The van der Waals surface area contributed by atoms with Crippen molar-refractivity contribution >= 4 is 23.3 Å². The molecule has 1 heterocycles. The number of amides is 1. The summed E-state index contributed by atoms with van der Waals surface area (Å²) in [5, 5.41) is 5.96. The molecule has 0 radical (unpaired) electrons. The number of ether oxygens (including phenoxy) is 1. The molecule has 5 heteroatoms. The number of aryl methyl sites for hydroxylation is 2. The second-order valence-corrected chi connectivity index (χ2v) is 4.83. The van der Waals surface area contributed by atoms with Crippen LogP contribution in [0.3, 0.4) is 0 Å². The summed E-state index contributed by atoms with van der Waals surface area (Å²) in [7, 11) is 1.33. The molecule has 2 N–H and O–H groups in total. The average molecular weight is 299 g/mol. The van der Waals surface area contributed by atoms with E-state index in [1.807, 2.05) is 6.07 Å². The lowest BCUT2D eigenvalue weighted by Gasteiger charge is -2.15. The van der Waals surface area contributed by atoms with E-state index < -0.39 is 6.09 Å². The van der Waals surface area contributed by atoms with E-state index in [9.17, 15) is 4.79 Å². The number of aromatic nitrogens is 1. The van der Waals surface area contributed by atoms with Crippen LogP contribution in [0.4, 0.5) is 22.0 Å². The van der Waals surface area contributed by atoms with Crippen LogP contribution in [0.15, 0.2) is 36.5 Å². The highest BCUT2D eigenvalue weighted by Crippen LogP contribution is 2.26. The number of carbonyl (C=O) groups is 1. The minimum Gasteiger partial charge on any atom is -0.453 e. The topological polar surface area (TPSA) is 63.2 Å². The number of anilines is 3. The van der Waals surface area contributed by atoms with Gasteiger partial charge in [-0.1, -0.05) is 32.0 Å². The Morgan fingerprint density at radius 3 is 2.32 bits per heavy atom. The number of hydrogen-bond donors (Lipinski definition) is 2. The standard InChI is InChI=1S/C17H21N3O2/c1-4-12-7-6-8-13(5-2)16(12)20-15-10-9-14(11-18-15)19-17(21)22-3/h6-11H,4-5H2,1-3H3,(H,18,20)(H,19,21). The SMILES string of the molecule is CCc1cccc(CC)c1Nc1ccc(NC(=O)OC)cn1. The van der Waals surface area contributed by atoms with E-state index in [1.165, 1.54) is 18.2 Å². The van der Waals surface area contributed by atoms with E-state index in [1.54, 1.807) is 12.3 Å². The number of carbonyl (C=O) groups excluding carboxylic acids is 1. The quantitative estimate of drug-likeness (QED) is 0.871. The van der Waals surface area contributed by atoms with Crippen molar-refractivity contribution in [3.8, 4) is 0 Å². The van der Waals surface area contributed by atoms with Crippen LogP contribution in [0.25, 0.3) is 0 Å². The molecule has 0 aliphatic carbocycles. The van der Waals surface area contributed by atoms with Gasteiger partial charge in [-0.15, -0.1) is 0 Å². The van der Waals surface area contributed by atoms with Crippen molar-refractivity contribution in [2.75, 3.05) is 17.7 Å². The van der Waals surface area contributed by atoms with Crippen LogP contribution >= 0.6 is 0 Å². The van der Waals surface area contributed by atoms with Crippen molar-refractivity contribution in [1.82, 2.24) is 4.98 Å². The molecule has 0 atom stereocenters. The van der Waals surface area contributed by atoms with Gasteiger partial charge in [0, 0.05) is 5.69 Å². The van der Waals surface area contributed by atoms with Crippen molar-refractivity contribution < 1.29 is 9.53 Å². The predicted octanol–water partition coefficient (Wildman–Crippen LogP) is 4.13. The van der Waals surface area contributed by atoms with Gasteiger partial charge in [-0.2, -0.15) is 0 Å². The number of pyridine rings is 1. The molecular formula is C17H21N3O2. The molecule has 1 amide bonds. The first kappa shape index (κ1) is 15.8. The van der Waals surface area contributed by atoms with Gasteiger partial charge in [0.05, 0.1) is 19.0 Å². The summed E-state index contributed by atoms with van der Waals surface area (Å²) in [5.74, 6) is 0.742. The zero-order valence-corrected chi connectivity index (χ0v) is 13.1. The number of rotatable bonds is 5. The molecule has 2 aromatic rings. The molecule has 0 aliphatic heterocycles. The lowest BCUT2D eigenvalue weighted by atomic mass is 10.0. The van der Waals surface area contributed by atoms with E-state index in [0.717, 1.165) is 24.3 Å². The summed E-state index contributed by atoms with van der Waals surface area (Å²) in [5.41, 5.74) is 4.24. The number of benzene rings is 1. The number of nitrogens with one attached hydrogen (secondary N) is 2. The summed E-state index contributed by atoms with van der Waals surface area (Å²) in [6, 6.07) is 9.94. The second-order valence-electron chi connectivity index (χ2n) is 4.83. The normalized spacial score (nSPS) is 10.1. The molecule has 2 rings (SSSR count). The predicted molar refractivity (Wildman–Crippen MR) is 88.7 cm³/mol. The molecule has 5 nitrogen and oxygen atoms in total. The van der Waals surface area contributed by atoms with Crippen molar-refractivity contribution in [1.29, 1.82) is 0 Å². The summed E-state index contributed by atoms with van der Waals surface area (Å²) in [6.07, 6.45) is 3.00. The number of nitrogens with zero attached hydrogens (tertiary/aromatic N) is 1. The molecule has 0 unspecified atom stereocenters. The molecular weight excluding hydrogens is 278 g/mol. The lowest BCUT2D eigenvalue weighted by molar-refractivity contribution is 0.187. The van der Waals surface area contributed by atoms with Crippen molar-refractivity contribution in [2.45, 2.75) is 26.7 Å². The van der Waals surface area contributed by atoms with Gasteiger partial charge in [-0.05, 0) is 36.1 Å². The summed E-state index contributed by atoms with van der Waals surface area (Å²) < 4.78 is 4.55. The first-order valence-electron chi connectivity index (χ1n) is 7.36. The number of hydrogen-bond acceptors (Lipinski definition) is 4. The first-order valence-corrected chi connectivity index (χ1v) is 7.36. The Balaban J connectivity index is 2.19. The highest BCUT2D eigenvalue weighted by atomic mass is 16.5. The summed E-state index contributed by atoms with van der Waals surface area (Å²) >= 11 is 0. The van der Waals surface area contributed by atoms with Crippen LogP contribution < -0.4 is 10.6 Å². The van der Waals surface area contributed by atoms with Gasteiger partial charge >= 0.3 is 6.09 Å². The molecule has 0 spiro atoms. The second kappa shape index (κ2) is 7.45. The van der Waals surface area contributed by atoms with E-state index in [2.05, 4.69) is 52.4 Å². The van der Waals surface area contributed by atoms with Gasteiger partial charge in [0.2, 0.25) is 0 Å². The average Bonchev–Trinajstić information content (AvgIpc) is 2.56. The molecule has 1 aromatic heterocycles. The van der Waals surface area contributed by atoms with Gasteiger partial charge in [0.25, 0.3) is 0 Å². The Hall–Kier alpha value is -2.56. The maximum atomic E-state index is 11.1. The first-order chi connectivity index (χ1) is 10.7. The Bertz CT molecular complexity index is 617. The third-order valence-electron chi connectivity index (χ3n) is 3.45. The molecule has 0 bridgehead atoms. The van der Waals surface area contributed by atoms with Crippen molar-refractivity contribution in [2.24, 2.45) is 0 Å². The Morgan fingerprint density at radius 2 is 1.82 bits per heavy atom. The van der Waals surface area contributed by atoms with Gasteiger partial charge < -0.3 is 10.1 Å². The zero-order valence-electron chi connectivity index (χ0n) is 13.1. The van der Waals surface area contributed by atoms with Crippen LogP contribution in [0.1, 0.15) is 25.0 Å².